The van der Waals surface area contributed by atoms with E-state index in [4.69, 9.17) is 4.74 Å². The summed E-state index contributed by atoms with van der Waals surface area (Å²) in [5.74, 6) is 0. The Labute approximate surface area is 96.7 Å². The number of hydrogen-bond acceptors (Lipinski definition) is 3. The van der Waals surface area contributed by atoms with Gasteiger partial charge < -0.3 is 10.1 Å². The summed E-state index contributed by atoms with van der Waals surface area (Å²) in [6.07, 6.45) is 1.07. The predicted molar refractivity (Wildman–Crippen MR) is 66.6 cm³/mol. The van der Waals surface area contributed by atoms with Crippen molar-refractivity contribution in [2.24, 2.45) is 0 Å². The molecule has 1 heterocycles. The van der Waals surface area contributed by atoms with Crippen molar-refractivity contribution in [2.75, 3.05) is 13.7 Å². The second-order valence-electron chi connectivity index (χ2n) is 4.00. The third kappa shape index (κ3) is 4.33. The van der Waals surface area contributed by atoms with Crippen LogP contribution in [0.4, 0.5) is 0 Å². The maximum absolute atomic E-state index is 5.05. The minimum Gasteiger partial charge on any atom is -0.385 e. The molecule has 0 spiro atoms. The lowest BCUT2D eigenvalue weighted by Gasteiger charge is -2.12. The van der Waals surface area contributed by atoms with E-state index in [1.807, 2.05) is 11.3 Å². The summed E-state index contributed by atoms with van der Waals surface area (Å²) in [6, 6.07) is 2.79. The van der Waals surface area contributed by atoms with Gasteiger partial charge in [0.15, 0.2) is 0 Å². The Morgan fingerprint density at radius 3 is 2.73 bits per heavy atom. The average molecular weight is 227 g/mol. The van der Waals surface area contributed by atoms with E-state index in [2.05, 4.69) is 32.2 Å². The first-order valence-corrected chi connectivity index (χ1v) is 6.23. The van der Waals surface area contributed by atoms with E-state index in [0.29, 0.717) is 6.04 Å². The minimum atomic E-state index is 0.518. The molecule has 3 heteroatoms. The third-order valence-corrected chi connectivity index (χ3v) is 3.55. The molecule has 0 aromatic carbocycles. The fourth-order valence-corrected chi connectivity index (χ4v) is 2.49. The largest absolute Gasteiger partial charge is 0.385 e. The summed E-state index contributed by atoms with van der Waals surface area (Å²) in [4.78, 5) is 2.83. The van der Waals surface area contributed by atoms with Crippen molar-refractivity contribution >= 4 is 11.3 Å². The number of nitrogens with one attached hydrogen (secondary N) is 1. The van der Waals surface area contributed by atoms with E-state index >= 15 is 0 Å². The quantitative estimate of drug-likeness (QED) is 0.807. The van der Waals surface area contributed by atoms with Crippen LogP contribution in [0.15, 0.2) is 6.07 Å². The molecule has 86 valence electrons. The summed E-state index contributed by atoms with van der Waals surface area (Å²) in [5, 5.41) is 3.51. The standard InChI is InChI=1S/C12H21NOS/c1-9(5-6-14-4)13-8-12-7-10(2)15-11(12)3/h7,9,13H,5-6,8H2,1-4H3. The van der Waals surface area contributed by atoms with Gasteiger partial charge in [0.2, 0.25) is 0 Å². The molecule has 0 aliphatic rings. The molecule has 15 heavy (non-hydrogen) atoms. The van der Waals surface area contributed by atoms with Crippen molar-refractivity contribution in [1.29, 1.82) is 0 Å². The average Bonchev–Trinajstić information content (AvgIpc) is 2.51. The number of methoxy groups -OCH3 is 1. The van der Waals surface area contributed by atoms with Crippen molar-refractivity contribution < 1.29 is 4.74 Å². The second-order valence-corrected chi connectivity index (χ2v) is 5.46. The molecule has 1 aromatic heterocycles. The molecule has 1 N–H and O–H groups in total. The van der Waals surface area contributed by atoms with Crippen molar-refractivity contribution in [3.8, 4) is 0 Å². The topological polar surface area (TPSA) is 21.3 Å². The van der Waals surface area contributed by atoms with E-state index in [1.54, 1.807) is 7.11 Å². The Bertz CT molecular complexity index is 296. The monoisotopic (exact) mass is 227 g/mol. The summed E-state index contributed by atoms with van der Waals surface area (Å²) in [7, 11) is 1.75. The zero-order valence-corrected chi connectivity index (χ0v) is 10.9. The summed E-state index contributed by atoms with van der Waals surface area (Å²) < 4.78 is 5.05. The normalized spacial score (nSPS) is 13.1. The first-order valence-electron chi connectivity index (χ1n) is 5.41. The van der Waals surface area contributed by atoms with Gasteiger partial charge in [0, 0.05) is 36.1 Å². The molecule has 0 aliphatic carbocycles. The molecule has 2 nitrogen and oxygen atoms in total. The van der Waals surface area contributed by atoms with Crippen LogP contribution in [-0.4, -0.2) is 19.8 Å². The van der Waals surface area contributed by atoms with Crippen LogP contribution in [0.2, 0.25) is 0 Å². The summed E-state index contributed by atoms with van der Waals surface area (Å²) in [6.45, 7) is 8.36. The highest BCUT2D eigenvalue weighted by atomic mass is 32.1. The highest BCUT2D eigenvalue weighted by Crippen LogP contribution is 2.20. The minimum absolute atomic E-state index is 0.518. The molecule has 0 saturated heterocycles. The van der Waals surface area contributed by atoms with Crippen LogP contribution >= 0.6 is 11.3 Å². The molecule has 0 saturated carbocycles. The fourth-order valence-electron chi connectivity index (χ4n) is 1.54. The molecule has 0 aliphatic heterocycles. The van der Waals surface area contributed by atoms with Crippen molar-refractivity contribution in [3.05, 3.63) is 21.4 Å². The zero-order valence-electron chi connectivity index (χ0n) is 10.1. The maximum Gasteiger partial charge on any atom is 0.0476 e. The SMILES string of the molecule is COCCC(C)NCc1cc(C)sc1C. The van der Waals surface area contributed by atoms with Gasteiger partial charge in [-0.1, -0.05) is 0 Å². The van der Waals surface area contributed by atoms with Gasteiger partial charge in [-0.2, -0.15) is 0 Å². The van der Waals surface area contributed by atoms with Gasteiger partial charge in [0.25, 0.3) is 0 Å². The van der Waals surface area contributed by atoms with Gasteiger partial charge in [-0.05, 0) is 38.8 Å². The Balaban J connectivity index is 2.33. The first-order chi connectivity index (χ1) is 7.13. The van der Waals surface area contributed by atoms with Gasteiger partial charge in [-0.15, -0.1) is 11.3 Å². The lowest BCUT2D eigenvalue weighted by atomic mass is 10.2. The van der Waals surface area contributed by atoms with E-state index in [1.165, 1.54) is 15.3 Å². The Morgan fingerprint density at radius 1 is 1.47 bits per heavy atom. The number of hydrogen-bond donors (Lipinski definition) is 1. The molecular weight excluding hydrogens is 206 g/mol. The smallest absolute Gasteiger partial charge is 0.0476 e. The van der Waals surface area contributed by atoms with Gasteiger partial charge in [0.05, 0.1) is 0 Å². The number of thiophene rings is 1. The molecule has 1 unspecified atom stereocenters. The van der Waals surface area contributed by atoms with E-state index < -0.39 is 0 Å². The predicted octanol–water partition coefficient (Wildman–Crippen LogP) is 2.88. The van der Waals surface area contributed by atoms with Crippen molar-refractivity contribution in [3.63, 3.8) is 0 Å². The van der Waals surface area contributed by atoms with Crippen molar-refractivity contribution in [2.45, 2.75) is 39.8 Å². The summed E-state index contributed by atoms with van der Waals surface area (Å²) in [5.41, 5.74) is 1.43. The highest BCUT2D eigenvalue weighted by Gasteiger charge is 2.05. The van der Waals surface area contributed by atoms with Crippen LogP contribution in [0.3, 0.4) is 0 Å². The van der Waals surface area contributed by atoms with E-state index in [0.717, 1.165) is 19.6 Å². The van der Waals surface area contributed by atoms with E-state index in [9.17, 15) is 0 Å². The van der Waals surface area contributed by atoms with Crippen LogP contribution in [0.5, 0.6) is 0 Å². The van der Waals surface area contributed by atoms with Gasteiger partial charge in [0.1, 0.15) is 0 Å². The number of aryl methyl sites for hydroxylation is 2. The van der Waals surface area contributed by atoms with Crippen LogP contribution in [0.25, 0.3) is 0 Å². The summed E-state index contributed by atoms with van der Waals surface area (Å²) >= 11 is 1.87. The van der Waals surface area contributed by atoms with Gasteiger partial charge in [-0.3, -0.25) is 0 Å². The molecule has 1 rings (SSSR count). The van der Waals surface area contributed by atoms with Crippen LogP contribution in [0.1, 0.15) is 28.7 Å². The Kier molecular flexibility index (Phi) is 5.29. The van der Waals surface area contributed by atoms with Crippen LogP contribution in [0, 0.1) is 13.8 Å². The molecule has 0 amide bonds. The molecule has 1 aromatic rings. The molecule has 0 fully saturated rings. The first kappa shape index (κ1) is 12.7. The van der Waals surface area contributed by atoms with Gasteiger partial charge in [-0.25, -0.2) is 0 Å². The molecule has 1 atom stereocenters. The highest BCUT2D eigenvalue weighted by molar-refractivity contribution is 7.12. The Hall–Kier alpha value is -0.380. The molecule has 0 bridgehead atoms. The maximum atomic E-state index is 5.05. The molecular formula is C12H21NOS. The zero-order chi connectivity index (χ0) is 11.3. The van der Waals surface area contributed by atoms with Crippen LogP contribution < -0.4 is 5.32 Å². The lowest BCUT2D eigenvalue weighted by molar-refractivity contribution is 0.184. The van der Waals surface area contributed by atoms with Crippen LogP contribution in [-0.2, 0) is 11.3 Å². The van der Waals surface area contributed by atoms with E-state index in [-0.39, 0.29) is 0 Å². The Morgan fingerprint density at radius 2 is 2.20 bits per heavy atom. The fraction of sp³-hybridized carbons (Fsp3) is 0.667. The lowest BCUT2D eigenvalue weighted by Crippen LogP contribution is -2.26. The molecule has 0 radical (unpaired) electrons. The van der Waals surface area contributed by atoms with Gasteiger partial charge >= 0.3 is 0 Å². The second kappa shape index (κ2) is 6.26. The number of rotatable bonds is 6. The van der Waals surface area contributed by atoms with Crippen molar-refractivity contribution in [1.82, 2.24) is 5.32 Å². The number of ether oxygens (including phenoxy) is 1. The third-order valence-electron chi connectivity index (χ3n) is 2.54.